The van der Waals surface area contributed by atoms with Crippen molar-refractivity contribution in [3.05, 3.63) is 47.8 Å². The zero-order chi connectivity index (χ0) is 13.4. The number of hydrogen-bond donors (Lipinski definition) is 2. The average Bonchev–Trinajstić information content (AvgIpc) is 3.15. The van der Waals surface area contributed by atoms with Crippen LogP contribution in [0.4, 0.5) is 0 Å². The highest BCUT2D eigenvalue weighted by molar-refractivity contribution is 5.74. The van der Waals surface area contributed by atoms with E-state index in [1.807, 2.05) is 16.8 Å². The van der Waals surface area contributed by atoms with E-state index in [-0.39, 0.29) is 0 Å². The van der Waals surface area contributed by atoms with Crippen LogP contribution >= 0.6 is 0 Å². The Morgan fingerprint density at radius 1 is 1.37 bits per heavy atom. The first kappa shape index (κ1) is 11.9. The summed E-state index contributed by atoms with van der Waals surface area (Å²) in [6.07, 6.45) is 2.58. The van der Waals surface area contributed by atoms with E-state index in [9.17, 15) is 9.90 Å². The van der Waals surface area contributed by atoms with Gasteiger partial charge >= 0.3 is 5.97 Å². The van der Waals surface area contributed by atoms with Crippen molar-refractivity contribution in [3.63, 3.8) is 0 Å². The fourth-order valence-corrected chi connectivity index (χ4v) is 2.19. The molecule has 0 radical (unpaired) electrons. The van der Waals surface area contributed by atoms with Gasteiger partial charge in [-0.05, 0) is 36.6 Å². The third-order valence-corrected chi connectivity index (χ3v) is 3.33. The second-order valence-electron chi connectivity index (χ2n) is 4.78. The highest BCUT2D eigenvalue weighted by atomic mass is 16.4. The number of aromatic nitrogens is 2. The predicted octanol–water partition coefficient (Wildman–Crippen LogP) is 1.87. The molecule has 0 amide bonds. The number of hydrogen-bond acceptors (Lipinski definition) is 3. The first-order valence-electron chi connectivity index (χ1n) is 6.22. The molecule has 1 saturated carbocycles. The van der Waals surface area contributed by atoms with Gasteiger partial charge in [-0.2, -0.15) is 5.10 Å². The molecule has 19 heavy (non-hydrogen) atoms. The van der Waals surface area contributed by atoms with Crippen LogP contribution in [0.25, 0.3) is 5.69 Å². The van der Waals surface area contributed by atoms with Gasteiger partial charge in [0.05, 0.1) is 5.69 Å². The van der Waals surface area contributed by atoms with Gasteiger partial charge in [0.15, 0.2) is 6.10 Å². The van der Waals surface area contributed by atoms with Crippen molar-refractivity contribution in [2.24, 2.45) is 0 Å². The Morgan fingerprint density at radius 3 is 2.84 bits per heavy atom. The van der Waals surface area contributed by atoms with Crippen LogP contribution in [0.2, 0.25) is 0 Å². The smallest absolute Gasteiger partial charge is 0.337 e. The molecule has 3 rings (SSSR count). The Labute approximate surface area is 110 Å². The summed E-state index contributed by atoms with van der Waals surface area (Å²) < 4.78 is 1.82. The summed E-state index contributed by atoms with van der Waals surface area (Å²) in [5.74, 6) is -0.699. The first-order valence-corrected chi connectivity index (χ1v) is 6.22. The van der Waals surface area contributed by atoms with E-state index in [0.717, 1.165) is 11.4 Å². The molecule has 2 aromatic rings. The molecule has 2 N–H and O–H groups in total. The largest absolute Gasteiger partial charge is 0.479 e. The SMILES string of the molecule is O=C(O)C(O)c1cccc(-n2nccc2C2CC2)c1. The van der Waals surface area contributed by atoms with Crippen molar-refractivity contribution < 1.29 is 15.0 Å². The molecule has 1 atom stereocenters. The lowest BCUT2D eigenvalue weighted by Gasteiger charge is -2.10. The van der Waals surface area contributed by atoms with Gasteiger partial charge in [0, 0.05) is 17.8 Å². The van der Waals surface area contributed by atoms with Gasteiger partial charge in [-0.15, -0.1) is 0 Å². The molecule has 1 unspecified atom stereocenters. The Hall–Kier alpha value is -2.14. The molecule has 0 spiro atoms. The van der Waals surface area contributed by atoms with Crippen LogP contribution in [-0.2, 0) is 4.79 Å². The predicted molar refractivity (Wildman–Crippen MR) is 68.1 cm³/mol. The lowest BCUT2D eigenvalue weighted by molar-refractivity contribution is -0.146. The maximum atomic E-state index is 10.8. The first-order chi connectivity index (χ1) is 9.16. The second kappa shape index (κ2) is 4.51. The van der Waals surface area contributed by atoms with Crippen LogP contribution in [0.3, 0.4) is 0 Å². The molecule has 0 aliphatic heterocycles. The van der Waals surface area contributed by atoms with Gasteiger partial charge in [0.1, 0.15) is 0 Å². The molecule has 5 nitrogen and oxygen atoms in total. The lowest BCUT2D eigenvalue weighted by Crippen LogP contribution is -2.11. The molecule has 0 bridgehead atoms. The maximum absolute atomic E-state index is 10.8. The molecule has 1 aliphatic carbocycles. The van der Waals surface area contributed by atoms with Crippen LogP contribution in [0.1, 0.15) is 36.1 Å². The van der Waals surface area contributed by atoms with E-state index in [0.29, 0.717) is 11.5 Å². The van der Waals surface area contributed by atoms with Crippen LogP contribution in [0.15, 0.2) is 36.5 Å². The second-order valence-corrected chi connectivity index (χ2v) is 4.78. The summed E-state index contributed by atoms with van der Waals surface area (Å²) in [6, 6.07) is 8.84. The molecule has 5 heteroatoms. The van der Waals surface area contributed by atoms with Crippen molar-refractivity contribution in [1.82, 2.24) is 9.78 Å². The van der Waals surface area contributed by atoms with Gasteiger partial charge < -0.3 is 10.2 Å². The minimum Gasteiger partial charge on any atom is -0.479 e. The fourth-order valence-electron chi connectivity index (χ4n) is 2.19. The average molecular weight is 258 g/mol. The summed E-state index contributed by atoms with van der Waals surface area (Å²) in [5.41, 5.74) is 2.29. The molecule has 1 aromatic heterocycles. The van der Waals surface area contributed by atoms with E-state index in [4.69, 9.17) is 5.11 Å². The summed E-state index contributed by atoms with van der Waals surface area (Å²) >= 11 is 0. The third kappa shape index (κ3) is 2.24. The lowest BCUT2D eigenvalue weighted by atomic mass is 10.1. The molecule has 1 aromatic carbocycles. The number of carbonyl (C=O) groups is 1. The quantitative estimate of drug-likeness (QED) is 0.877. The molecular weight excluding hydrogens is 244 g/mol. The van der Waals surface area contributed by atoms with Crippen molar-refractivity contribution in [2.45, 2.75) is 24.9 Å². The molecule has 1 aliphatic rings. The molecule has 1 heterocycles. The van der Waals surface area contributed by atoms with Crippen LogP contribution < -0.4 is 0 Å². The number of carboxylic acid groups (broad SMARTS) is 1. The number of rotatable bonds is 4. The van der Waals surface area contributed by atoms with Gasteiger partial charge in [-0.25, -0.2) is 9.48 Å². The van der Waals surface area contributed by atoms with Gasteiger partial charge in [0.2, 0.25) is 0 Å². The van der Waals surface area contributed by atoms with E-state index < -0.39 is 12.1 Å². The summed E-state index contributed by atoms with van der Waals surface area (Å²) in [4.78, 5) is 10.8. The molecule has 98 valence electrons. The molecule has 0 saturated heterocycles. The third-order valence-electron chi connectivity index (χ3n) is 3.33. The van der Waals surface area contributed by atoms with Crippen LogP contribution in [-0.4, -0.2) is 26.0 Å². The molecular formula is C14H14N2O3. The fraction of sp³-hybridized carbons (Fsp3) is 0.286. The Bertz CT molecular complexity index is 617. The number of aliphatic hydroxyl groups excluding tert-OH is 1. The monoisotopic (exact) mass is 258 g/mol. The Morgan fingerprint density at radius 2 is 2.16 bits per heavy atom. The summed E-state index contributed by atoms with van der Waals surface area (Å²) in [6.45, 7) is 0. The van der Waals surface area contributed by atoms with Crippen LogP contribution in [0, 0.1) is 0 Å². The number of benzene rings is 1. The normalized spacial score (nSPS) is 16.3. The van der Waals surface area contributed by atoms with Crippen LogP contribution in [0.5, 0.6) is 0 Å². The topological polar surface area (TPSA) is 75.3 Å². The van der Waals surface area contributed by atoms with Gasteiger partial charge in [0.25, 0.3) is 0 Å². The van der Waals surface area contributed by atoms with Crippen molar-refractivity contribution in [2.75, 3.05) is 0 Å². The maximum Gasteiger partial charge on any atom is 0.337 e. The van der Waals surface area contributed by atoms with Crippen molar-refractivity contribution >= 4 is 5.97 Å². The van der Waals surface area contributed by atoms with Crippen molar-refractivity contribution in [1.29, 1.82) is 0 Å². The van der Waals surface area contributed by atoms with Gasteiger partial charge in [-0.3, -0.25) is 0 Å². The Balaban J connectivity index is 1.98. The minimum absolute atomic E-state index is 0.363. The molecule has 1 fully saturated rings. The summed E-state index contributed by atoms with van der Waals surface area (Å²) in [7, 11) is 0. The van der Waals surface area contributed by atoms with Crippen molar-refractivity contribution in [3.8, 4) is 5.69 Å². The highest BCUT2D eigenvalue weighted by Gasteiger charge is 2.27. The summed E-state index contributed by atoms with van der Waals surface area (Å²) in [5, 5.41) is 22.7. The van der Waals surface area contributed by atoms with E-state index in [2.05, 4.69) is 5.10 Å². The zero-order valence-corrected chi connectivity index (χ0v) is 10.2. The van der Waals surface area contributed by atoms with E-state index in [1.165, 1.54) is 12.8 Å². The van der Waals surface area contributed by atoms with E-state index >= 15 is 0 Å². The van der Waals surface area contributed by atoms with E-state index in [1.54, 1.807) is 24.4 Å². The van der Waals surface area contributed by atoms with Gasteiger partial charge in [-0.1, -0.05) is 12.1 Å². The zero-order valence-electron chi connectivity index (χ0n) is 10.2. The number of nitrogens with zero attached hydrogens (tertiary/aromatic N) is 2. The minimum atomic E-state index is -1.50. The number of aliphatic hydroxyl groups is 1. The standard InChI is InChI=1S/C14H14N2O3/c17-13(14(18)19)10-2-1-3-11(8-10)16-12(6-7-15-16)9-4-5-9/h1-3,6-9,13,17H,4-5H2,(H,18,19). The number of aliphatic carboxylic acids is 1. The highest BCUT2D eigenvalue weighted by Crippen LogP contribution is 2.40. The Kier molecular flexibility index (Phi) is 2.83. The number of carboxylic acids is 1.